The van der Waals surface area contributed by atoms with Crippen LogP contribution in [0.3, 0.4) is 0 Å². The second-order valence-corrected chi connectivity index (χ2v) is 5.61. The number of anilines is 1. The van der Waals surface area contributed by atoms with Gasteiger partial charge in [-0.2, -0.15) is 5.48 Å². The van der Waals surface area contributed by atoms with E-state index in [9.17, 15) is 9.59 Å². The van der Waals surface area contributed by atoms with Crippen LogP contribution in [0.25, 0.3) is 0 Å². The van der Waals surface area contributed by atoms with Crippen LogP contribution in [0.15, 0.2) is 60.3 Å². The highest BCUT2D eigenvalue weighted by Gasteiger charge is 2.07. The summed E-state index contributed by atoms with van der Waals surface area (Å²) in [5.41, 5.74) is 4.91. The van der Waals surface area contributed by atoms with Gasteiger partial charge in [0.15, 0.2) is 0 Å². The van der Waals surface area contributed by atoms with E-state index in [1.54, 1.807) is 55.5 Å². The van der Waals surface area contributed by atoms with E-state index in [0.717, 1.165) is 11.3 Å². The molecule has 2 rings (SSSR count). The van der Waals surface area contributed by atoms with Gasteiger partial charge in [0, 0.05) is 28.0 Å². The zero-order valence-corrected chi connectivity index (χ0v) is 14.1. The molecular weight excluding hydrogens is 328 g/mol. The Kier molecular flexibility index (Phi) is 5.98. The molecule has 0 aliphatic rings. The summed E-state index contributed by atoms with van der Waals surface area (Å²) in [4.78, 5) is 28.3. The van der Waals surface area contributed by atoms with E-state index in [2.05, 4.69) is 10.8 Å². The highest BCUT2D eigenvalue weighted by Crippen LogP contribution is 2.14. The van der Waals surface area contributed by atoms with Gasteiger partial charge in [-0.1, -0.05) is 29.3 Å². The normalized spacial score (nSPS) is 10.9. The maximum atomic E-state index is 11.8. The van der Waals surface area contributed by atoms with Crippen LogP contribution in [0, 0.1) is 6.92 Å². The molecule has 6 heteroatoms. The predicted octanol–water partition coefficient (Wildman–Crippen LogP) is 3.85. The van der Waals surface area contributed by atoms with Crippen molar-refractivity contribution < 1.29 is 14.4 Å². The van der Waals surface area contributed by atoms with Crippen molar-refractivity contribution >= 4 is 29.2 Å². The van der Waals surface area contributed by atoms with E-state index in [4.69, 9.17) is 16.4 Å². The summed E-state index contributed by atoms with van der Waals surface area (Å²) < 4.78 is 0. The number of aryl methyl sites for hydroxylation is 1. The smallest absolute Gasteiger partial charge is 0.357 e. The summed E-state index contributed by atoms with van der Waals surface area (Å²) in [5.74, 6) is -1.17. The fraction of sp³-hybridized carbons (Fsp3) is 0.111. The second-order valence-electron chi connectivity index (χ2n) is 5.18. The molecule has 0 atom stereocenters. The number of hydrogen-bond donors (Lipinski definition) is 2. The number of benzene rings is 2. The summed E-state index contributed by atoms with van der Waals surface area (Å²) in [6, 6.07) is 13.9. The van der Waals surface area contributed by atoms with Crippen molar-refractivity contribution in [2.24, 2.45) is 0 Å². The van der Waals surface area contributed by atoms with Crippen molar-refractivity contribution in [2.45, 2.75) is 13.8 Å². The molecule has 124 valence electrons. The maximum Gasteiger partial charge on any atom is 0.357 e. The molecule has 0 spiro atoms. The van der Waals surface area contributed by atoms with Crippen LogP contribution < -0.4 is 10.8 Å². The molecule has 0 bridgehead atoms. The number of carbonyl (C=O) groups is 2. The number of hydroxylamine groups is 1. The van der Waals surface area contributed by atoms with E-state index in [1.165, 1.54) is 6.08 Å². The number of halogens is 1. The molecule has 2 aromatic carbocycles. The van der Waals surface area contributed by atoms with Gasteiger partial charge in [0.25, 0.3) is 5.91 Å². The quantitative estimate of drug-likeness (QED) is 0.653. The minimum absolute atomic E-state index is 0.411. The lowest BCUT2D eigenvalue weighted by Gasteiger charge is -2.07. The molecule has 0 aliphatic carbocycles. The van der Waals surface area contributed by atoms with Crippen LogP contribution in [0.4, 0.5) is 5.69 Å². The molecule has 0 aliphatic heterocycles. The first-order valence-electron chi connectivity index (χ1n) is 7.23. The van der Waals surface area contributed by atoms with Crippen molar-refractivity contribution in [1.82, 2.24) is 5.48 Å². The van der Waals surface area contributed by atoms with Crippen LogP contribution in [0.2, 0.25) is 5.02 Å². The molecule has 0 unspecified atom stereocenters. The van der Waals surface area contributed by atoms with Gasteiger partial charge < -0.3 is 10.2 Å². The SMILES string of the molecule is CC(=CC(=O)ONC(=O)c1ccc(C)cc1)Nc1ccc(Cl)cc1. The topological polar surface area (TPSA) is 67.4 Å². The van der Waals surface area contributed by atoms with Crippen LogP contribution >= 0.6 is 11.6 Å². The number of nitrogens with one attached hydrogen (secondary N) is 2. The Morgan fingerprint density at radius 3 is 2.29 bits per heavy atom. The van der Waals surface area contributed by atoms with Crippen LogP contribution in [-0.4, -0.2) is 11.9 Å². The Balaban J connectivity index is 1.86. The lowest BCUT2D eigenvalue weighted by atomic mass is 10.1. The van der Waals surface area contributed by atoms with E-state index < -0.39 is 11.9 Å². The average molecular weight is 345 g/mol. The highest BCUT2D eigenvalue weighted by atomic mass is 35.5. The van der Waals surface area contributed by atoms with Gasteiger partial charge >= 0.3 is 5.97 Å². The van der Waals surface area contributed by atoms with Crippen LogP contribution in [-0.2, 0) is 9.63 Å². The Hall–Kier alpha value is -2.79. The minimum Gasteiger partial charge on any atom is -0.359 e. The molecule has 2 aromatic rings. The molecule has 1 amide bonds. The maximum absolute atomic E-state index is 11.8. The molecule has 5 nitrogen and oxygen atoms in total. The van der Waals surface area contributed by atoms with Crippen LogP contribution in [0.5, 0.6) is 0 Å². The molecular formula is C18H17ClN2O3. The predicted molar refractivity (Wildman–Crippen MR) is 93.6 cm³/mol. The fourth-order valence-electron chi connectivity index (χ4n) is 1.86. The highest BCUT2D eigenvalue weighted by molar-refractivity contribution is 6.30. The van der Waals surface area contributed by atoms with E-state index in [0.29, 0.717) is 16.3 Å². The number of rotatable bonds is 4. The third kappa shape index (κ3) is 5.44. The van der Waals surface area contributed by atoms with Crippen molar-refractivity contribution in [3.8, 4) is 0 Å². The summed E-state index contributed by atoms with van der Waals surface area (Å²) in [6.07, 6.45) is 1.24. The van der Waals surface area contributed by atoms with E-state index >= 15 is 0 Å². The lowest BCUT2D eigenvalue weighted by Crippen LogP contribution is -2.26. The Morgan fingerprint density at radius 2 is 1.67 bits per heavy atom. The van der Waals surface area contributed by atoms with Gasteiger partial charge in [-0.25, -0.2) is 4.79 Å². The average Bonchev–Trinajstić information content (AvgIpc) is 2.55. The number of hydrogen-bond acceptors (Lipinski definition) is 4. The summed E-state index contributed by atoms with van der Waals surface area (Å²) in [7, 11) is 0. The molecule has 0 saturated heterocycles. The van der Waals surface area contributed by atoms with Gasteiger partial charge in [-0.15, -0.1) is 0 Å². The molecule has 2 N–H and O–H groups in total. The Morgan fingerprint density at radius 1 is 1.04 bits per heavy atom. The van der Waals surface area contributed by atoms with E-state index in [1.807, 2.05) is 6.92 Å². The van der Waals surface area contributed by atoms with E-state index in [-0.39, 0.29) is 0 Å². The van der Waals surface area contributed by atoms with Gasteiger partial charge in [0.1, 0.15) is 0 Å². The third-order valence-electron chi connectivity index (χ3n) is 3.08. The molecule has 0 fully saturated rings. The van der Waals surface area contributed by atoms with Crippen molar-refractivity contribution in [3.05, 3.63) is 76.5 Å². The molecule has 0 saturated carbocycles. The van der Waals surface area contributed by atoms with Gasteiger partial charge in [0.05, 0.1) is 0 Å². The summed E-state index contributed by atoms with van der Waals surface area (Å²) in [5, 5.41) is 3.64. The minimum atomic E-state index is -0.686. The first-order valence-corrected chi connectivity index (χ1v) is 7.60. The zero-order valence-electron chi connectivity index (χ0n) is 13.3. The van der Waals surface area contributed by atoms with Crippen molar-refractivity contribution in [3.63, 3.8) is 0 Å². The second kappa shape index (κ2) is 8.17. The molecule has 0 aromatic heterocycles. The number of amides is 1. The molecule has 0 radical (unpaired) electrons. The third-order valence-corrected chi connectivity index (χ3v) is 3.33. The largest absolute Gasteiger partial charge is 0.359 e. The van der Waals surface area contributed by atoms with Gasteiger partial charge in [-0.3, -0.25) is 4.79 Å². The standard InChI is InChI=1S/C18H17ClN2O3/c1-12-3-5-14(6-4-12)18(23)21-24-17(22)11-13(2)20-16-9-7-15(19)8-10-16/h3-11,20H,1-2H3,(H,21,23). The Labute approximate surface area is 145 Å². The zero-order chi connectivity index (χ0) is 17.5. The van der Waals surface area contributed by atoms with Gasteiger partial charge in [-0.05, 0) is 50.2 Å². The van der Waals surface area contributed by atoms with Gasteiger partial charge in [0.2, 0.25) is 0 Å². The monoisotopic (exact) mass is 344 g/mol. The molecule has 24 heavy (non-hydrogen) atoms. The fourth-order valence-corrected chi connectivity index (χ4v) is 1.99. The number of allylic oxidation sites excluding steroid dienone is 1. The lowest BCUT2D eigenvalue weighted by molar-refractivity contribution is -0.142. The summed E-state index contributed by atoms with van der Waals surface area (Å²) >= 11 is 5.81. The number of carbonyl (C=O) groups excluding carboxylic acids is 2. The van der Waals surface area contributed by atoms with Crippen molar-refractivity contribution in [1.29, 1.82) is 0 Å². The van der Waals surface area contributed by atoms with Crippen molar-refractivity contribution in [2.75, 3.05) is 5.32 Å². The molecule has 0 heterocycles. The first kappa shape index (κ1) is 17.6. The summed E-state index contributed by atoms with van der Waals surface area (Å²) in [6.45, 7) is 3.63. The Bertz CT molecular complexity index is 753. The van der Waals surface area contributed by atoms with Crippen LogP contribution in [0.1, 0.15) is 22.8 Å². The first-order chi connectivity index (χ1) is 11.4.